The van der Waals surface area contributed by atoms with Crippen LogP contribution in [0.25, 0.3) is 9.69 Å². The summed E-state index contributed by atoms with van der Waals surface area (Å²) in [5.41, 5.74) is -1.54. The Morgan fingerprint density at radius 2 is 1.08 bits per heavy atom. The number of aliphatic hydroxyl groups excluding tert-OH is 2. The quantitative estimate of drug-likeness (QED) is 0.0950. The second-order valence-electron chi connectivity index (χ2n) is 12.6. The molecule has 2 N–H and O–H groups in total. The van der Waals surface area contributed by atoms with Crippen LogP contribution in [0.5, 0.6) is 0 Å². The average molecular weight is 1230 g/mol. The van der Waals surface area contributed by atoms with E-state index in [0.29, 0.717) is 39.5 Å². The summed E-state index contributed by atoms with van der Waals surface area (Å²) in [7, 11) is -0.154. The van der Waals surface area contributed by atoms with Crippen LogP contribution in [0.2, 0.25) is 0 Å². The molecule has 4 aliphatic rings. The molecule has 0 saturated carbocycles. The molecule has 0 radical (unpaired) electrons. The predicted molar refractivity (Wildman–Crippen MR) is 195 cm³/mol. The molecular weight excluding hydrogens is 1160 g/mol. The number of rotatable bonds is 18. The van der Waals surface area contributed by atoms with E-state index >= 15 is 0 Å². The van der Waals surface area contributed by atoms with Crippen molar-refractivity contribution < 1.29 is 112 Å². The van der Waals surface area contributed by atoms with E-state index in [4.69, 9.17) is 55.8 Å². The van der Waals surface area contributed by atoms with Crippen LogP contribution in [-0.2, 0) is 37.0 Å². The van der Waals surface area contributed by atoms with Crippen LogP contribution in [0.1, 0.15) is 84.8 Å². The minimum absolute atomic E-state index is 0. The Labute approximate surface area is 370 Å². The van der Waals surface area contributed by atoms with E-state index in [-0.39, 0.29) is 111 Å². The fourth-order valence-corrected chi connectivity index (χ4v) is 9.44. The van der Waals surface area contributed by atoms with Crippen LogP contribution in [0, 0.1) is 88.6 Å². The van der Waals surface area contributed by atoms with Gasteiger partial charge in [0, 0.05) is 103 Å². The van der Waals surface area contributed by atoms with E-state index in [9.17, 15) is 0 Å². The Hall–Kier alpha value is 1.46. The van der Waals surface area contributed by atoms with Gasteiger partial charge in [0.1, 0.15) is 13.2 Å². The summed E-state index contributed by atoms with van der Waals surface area (Å²) < 4.78 is 79.7. The first-order valence-corrected chi connectivity index (χ1v) is 19.3. The minimum Gasteiger partial charge on any atom is -0.541 e. The van der Waals surface area contributed by atoms with Crippen LogP contribution < -0.4 is 0 Å². The third-order valence-electron chi connectivity index (χ3n) is 8.09. The second kappa shape index (κ2) is 28.8. The summed E-state index contributed by atoms with van der Waals surface area (Å²) in [6.07, 6.45) is -2.20. The zero-order valence-electron chi connectivity index (χ0n) is 36.9. The summed E-state index contributed by atoms with van der Waals surface area (Å²) in [5.74, 6) is 0. The molecule has 2 unspecified atom stereocenters. The first kappa shape index (κ1) is 47.8. The fourth-order valence-electron chi connectivity index (χ4n) is 5.86. The van der Waals surface area contributed by atoms with Crippen LogP contribution in [0.15, 0.2) is 0 Å². The Kier molecular flexibility index (Phi) is 26.5. The smallest absolute Gasteiger partial charge is 0.259 e. The minimum atomic E-state index is -1.37. The molecule has 18 heteroatoms. The molecule has 0 amide bonds. The van der Waals surface area contributed by atoms with Gasteiger partial charge in [-0.25, -0.2) is 22.5 Å². The molecule has 4 heterocycles. The van der Waals surface area contributed by atoms with E-state index in [1.807, 2.05) is 0 Å². The zero-order chi connectivity index (χ0) is 41.2. The predicted octanol–water partition coefficient (Wildman–Crippen LogP) is 6.00. The van der Waals surface area contributed by atoms with Crippen molar-refractivity contribution in [2.75, 3.05) is 53.7 Å². The van der Waals surface area contributed by atoms with Crippen LogP contribution >= 0.6 is 17.1 Å². The fraction of sp³-hybridized carbons (Fsp3) is 0.882. The Morgan fingerprint density at radius 1 is 0.769 bits per heavy atom. The third kappa shape index (κ3) is 15.0. The van der Waals surface area contributed by atoms with Crippen molar-refractivity contribution in [3.05, 3.63) is 36.0 Å². The summed E-state index contributed by atoms with van der Waals surface area (Å²) in [5, 5.41) is 7.00. The van der Waals surface area contributed by atoms with E-state index < -0.39 is 41.0 Å². The van der Waals surface area contributed by atoms with Crippen LogP contribution in [0.4, 0.5) is 0 Å². The number of ether oxygens (including phenoxy) is 4. The second-order valence-corrected chi connectivity index (χ2v) is 15.5. The summed E-state index contributed by atoms with van der Waals surface area (Å²) in [6, 6.07) is 0.938. The monoisotopic (exact) mass is 1230 g/mol. The Balaban J connectivity index is 0. The SMILES string of the molecule is [2H][C@@H](C)[C@@]12CO[C@@H]([CH-]O1)[C@@H]2OP(OCC[N+]#[C-])N(C(C)C)C(C)C.[2H][C@H](C)[C@@]12CO[C@@H]([CH-]O1)[C@@H]2OP(OCC[N+]#[C-])N(C(C)C)C(C)C.[3H]OC.[3H]OC.[U].[U]. The number of nitrogens with zero attached hydrogens (tertiary/aromatic N) is 4. The molecule has 0 aromatic rings. The van der Waals surface area contributed by atoms with Gasteiger partial charge in [0.25, 0.3) is 17.1 Å². The topological polar surface area (TPSA) is 130 Å². The molecule has 0 aromatic carbocycles. The molecule has 4 aliphatic heterocycles. The van der Waals surface area contributed by atoms with Crippen molar-refractivity contribution in [2.45, 2.75) is 142 Å². The van der Waals surface area contributed by atoms with E-state index in [1.165, 1.54) is 14.2 Å². The van der Waals surface area contributed by atoms with E-state index in [2.05, 4.69) is 84.6 Å². The van der Waals surface area contributed by atoms with Crippen molar-refractivity contribution in [3.8, 4) is 0 Å². The maximum atomic E-state index is 8.18. The van der Waals surface area contributed by atoms with Crippen LogP contribution in [-0.4, -0.2) is 136 Å². The molecule has 0 aromatic heterocycles. The van der Waals surface area contributed by atoms with Crippen molar-refractivity contribution in [1.29, 1.82) is 2.86 Å². The third-order valence-corrected chi connectivity index (χ3v) is 12.3. The van der Waals surface area contributed by atoms with Gasteiger partial charge < -0.3 is 57.0 Å². The summed E-state index contributed by atoms with van der Waals surface area (Å²) in [4.78, 5) is 6.70. The van der Waals surface area contributed by atoms with Gasteiger partial charge in [-0.1, -0.05) is 13.8 Å². The molecule has 4 fully saturated rings. The molecule has 4 saturated heterocycles. The first-order chi connectivity index (χ1) is 25.5. The maximum Gasteiger partial charge on any atom is 0.259 e. The van der Waals surface area contributed by atoms with Crippen molar-refractivity contribution in [3.63, 3.8) is 0 Å². The number of aliphatic hydroxyl groups is 2. The molecule has 10 atom stereocenters. The first-order valence-electron chi connectivity index (χ1n) is 19.0. The van der Waals surface area contributed by atoms with Crippen molar-refractivity contribution >= 4 is 17.1 Å². The molecule has 4 bridgehead atoms. The molecule has 4 rings (SSSR count). The molecule has 14 nitrogen and oxygen atoms in total. The summed E-state index contributed by atoms with van der Waals surface area (Å²) >= 11 is 0. The number of fused-ring (bicyclic) bond motifs is 4. The summed E-state index contributed by atoms with van der Waals surface area (Å²) in [6.45, 7) is 39.5. The van der Waals surface area contributed by atoms with Gasteiger partial charge in [-0.3, -0.25) is 0 Å². The number of hydrogen-bond donors (Lipinski definition) is 2. The zero-order valence-corrected chi connectivity index (χ0v) is 43.1. The van der Waals surface area contributed by atoms with E-state index in [1.54, 1.807) is 27.1 Å². The van der Waals surface area contributed by atoms with Gasteiger partial charge in [0.2, 0.25) is 16.0 Å². The average Bonchev–Trinajstić information content (AvgIpc) is 3.84. The van der Waals surface area contributed by atoms with Gasteiger partial charge in [0.15, 0.2) is 0 Å². The van der Waals surface area contributed by atoms with E-state index in [0.717, 1.165) is 0 Å². The normalized spacial score (nSPS) is 30.2. The van der Waals surface area contributed by atoms with Gasteiger partial charge >= 0.3 is 0 Å². The Bertz CT molecular complexity index is 1020. The molecule has 52 heavy (non-hydrogen) atoms. The molecule has 0 spiro atoms. The Morgan fingerprint density at radius 3 is 1.29 bits per heavy atom. The van der Waals surface area contributed by atoms with Gasteiger partial charge in [-0.05, 0) is 80.4 Å². The standard InChI is InChI=1S/2C16H28N2O4P.2CH4O.2U/c2*1-7-16-11-19-14(10-20-16)15(16)22-23(21-9-8-17-6)18(12(2)3)13(4)5;2*1-2;;/h2*10,12-15H,7-9,11H2,1-5H3;2*2H,1H3;;/q2*-1;;;;/t2*14-,15-,16-,23?;;;;/m00..../s1/i2*7D;2*2T;;/t7-,14+,15+,16+,23?;7-,14-,15-,16-,23?;;;;/m10..... The van der Waals surface area contributed by atoms with Gasteiger partial charge in [-0.15, -0.1) is 0 Å². The molecule has 0 aliphatic carbocycles. The van der Waals surface area contributed by atoms with Gasteiger partial charge in [-0.2, -0.15) is 13.2 Å². The largest absolute Gasteiger partial charge is 0.541 e. The van der Waals surface area contributed by atoms with Crippen LogP contribution in [0.3, 0.4) is 0 Å². The van der Waals surface area contributed by atoms with Crippen molar-refractivity contribution in [2.24, 2.45) is 0 Å². The molecular formula is C34H64N4O10P2U2-2. The number of hydrogen-bond acceptors (Lipinski definition) is 12. The molecule has 300 valence electrons. The van der Waals surface area contributed by atoms with Crippen molar-refractivity contribution in [1.82, 2.24) is 9.34 Å². The maximum absolute atomic E-state index is 8.18. The van der Waals surface area contributed by atoms with Gasteiger partial charge in [0.05, 0.1) is 36.6 Å².